The molecule has 0 saturated carbocycles. The fourth-order valence-corrected chi connectivity index (χ4v) is 2.86. The summed E-state index contributed by atoms with van der Waals surface area (Å²) in [6.45, 7) is 5.87. The van der Waals surface area contributed by atoms with Crippen LogP contribution in [0.3, 0.4) is 0 Å². The van der Waals surface area contributed by atoms with E-state index < -0.39 is 29.9 Å². The Kier molecular flexibility index (Phi) is 9.92. The van der Waals surface area contributed by atoms with Crippen LogP contribution in [0.1, 0.15) is 31.9 Å². The zero-order valence-corrected chi connectivity index (χ0v) is 20.5. The number of nitrogens with zero attached hydrogens (tertiary/aromatic N) is 2. The van der Waals surface area contributed by atoms with Crippen molar-refractivity contribution in [2.45, 2.75) is 45.5 Å². The monoisotopic (exact) mass is 470 g/mol. The molecule has 34 heavy (non-hydrogen) atoms. The molecule has 0 heterocycles. The van der Waals surface area contributed by atoms with E-state index in [9.17, 15) is 14.4 Å². The van der Waals surface area contributed by atoms with Gasteiger partial charge in [0.15, 0.2) is 0 Å². The summed E-state index contributed by atoms with van der Waals surface area (Å²) in [5.74, 6) is -0.625. The number of rotatable bonds is 9. The van der Waals surface area contributed by atoms with Crippen molar-refractivity contribution in [2.75, 3.05) is 27.2 Å². The molecule has 0 unspecified atom stereocenters. The average Bonchev–Trinajstić information content (AvgIpc) is 2.80. The van der Waals surface area contributed by atoms with Gasteiger partial charge in [-0.25, -0.2) is 14.4 Å². The molecule has 0 bridgehead atoms. The predicted octanol–water partition coefficient (Wildman–Crippen LogP) is 4.28. The summed E-state index contributed by atoms with van der Waals surface area (Å²) in [5.41, 5.74) is 1.06. The summed E-state index contributed by atoms with van der Waals surface area (Å²) < 4.78 is 16.2. The van der Waals surface area contributed by atoms with Gasteiger partial charge in [0.05, 0.1) is 0 Å². The van der Waals surface area contributed by atoms with Crippen LogP contribution in [0.25, 0.3) is 0 Å². The highest BCUT2D eigenvalue weighted by molar-refractivity contribution is 5.79. The Balaban J connectivity index is 1.96. The minimum Gasteiger partial charge on any atom is -0.458 e. The Morgan fingerprint density at radius 2 is 1.29 bits per heavy atom. The molecule has 184 valence electrons. The first-order valence-corrected chi connectivity index (χ1v) is 11.2. The highest BCUT2D eigenvalue weighted by Crippen LogP contribution is 2.12. The van der Waals surface area contributed by atoms with Crippen molar-refractivity contribution in [3.05, 3.63) is 71.8 Å². The largest absolute Gasteiger partial charge is 0.458 e. The molecule has 0 aromatic heterocycles. The molecule has 0 fully saturated rings. The number of esters is 1. The lowest BCUT2D eigenvalue weighted by atomic mass is 10.1. The van der Waals surface area contributed by atoms with Crippen molar-refractivity contribution >= 4 is 18.2 Å². The first kappa shape index (κ1) is 26.7. The van der Waals surface area contributed by atoms with Crippen LogP contribution in [-0.2, 0) is 32.0 Å². The van der Waals surface area contributed by atoms with Crippen molar-refractivity contribution in [1.29, 1.82) is 0 Å². The van der Waals surface area contributed by atoms with E-state index >= 15 is 0 Å². The minimum absolute atomic E-state index is 0.0824. The van der Waals surface area contributed by atoms with E-state index in [-0.39, 0.29) is 26.1 Å². The number of hydrogen-bond donors (Lipinski definition) is 0. The normalized spacial score (nSPS) is 11.8. The van der Waals surface area contributed by atoms with Crippen molar-refractivity contribution < 1.29 is 28.6 Å². The summed E-state index contributed by atoms with van der Waals surface area (Å²) in [5, 5.41) is 0. The second kappa shape index (κ2) is 12.6. The van der Waals surface area contributed by atoms with Gasteiger partial charge in [0.2, 0.25) is 6.10 Å². The molecule has 2 rings (SSSR count). The third-order valence-corrected chi connectivity index (χ3v) is 4.78. The van der Waals surface area contributed by atoms with Gasteiger partial charge in [0.25, 0.3) is 0 Å². The standard InChI is InChI=1S/C26H34N2O6/c1-26(2,3)34-25(31)28(5)17-16-27(4)24(30)33-22(18-20-12-8-6-9-13-20)23(29)32-19-21-14-10-7-11-15-21/h6-15,22H,16-19H2,1-5H3/t22-/m0/s1. The zero-order chi connectivity index (χ0) is 25.1. The first-order chi connectivity index (χ1) is 16.0. The molecule has 2 amide bonds. The fourth-order valence-electron chi connectivity index (χ4n) is 2.86. The van der Waals surface area contributed by atoms with Crippen LogP contribution in [0.4, 0.5) is 9.59 Å². The number of amides is 2. The van der Waals surface area contributed by atoms with Gasteiger partial charge in [-0.3, -0.25) is 0 Å². The molecule has 1 atom stereocenters. The topological polar surface area (TPSA) is 85.4 Å². The third kappa shape index (κ3) is 9.52. The van der Waals surface area contributed by atoms with Gasteiger partial charge >= 0.3 is 18.2 Å². The van der Waals surface area contributed by atoms with Crippen LogP contribution in [-0.4, -0.2) is 66.8 Å². The smallest absolute Gasteiger partial charge is 0.410 e. The van der Waals surface area contributed by atoms with Crippen molar-refractivity contribution in [3.63, 3.8) is 0 Å². The molecule has 0 aliphatic carbocycles. The summed E-state index contributed by atoms with van der Waals surface area (Å²) in [4.78, 5) is 40.3. The lowest BCUT2D eigenvalue weighted by Gasteiger charge is -2.26. The first-order valence-electron chi connectivity index (χ1n) is 11.2. The number of carbonyl (C=O) groups is 3. The van der Waals surface area contributed by atoms with E-state index in [0.717, 1.165) is 11.1 Å². The van der Waals surface area contributed by atoms with Crippen LogP contribution < -0.4 is 0 Å². The van der Waals surface area contributed by atoms with Crippen LogP contribution in [0, 0.1) is 0 Å². The molecule has 2 aromatic carbocycles. The van der Waals surface area contributed by atoms with E-state index in [2.05, 4.69) is 0 Å². The Morgan fingerprint density at radius 1 is 0.794 bits per heavy atom. The molecule has 0 aliphatic rings. The Labute approximate surface area is 201 Å². The molecule has 0 saturated heterocycles. The van der Waals surface area contributed by atoms with Crippen molar-refractivity contribution in [1.82, 2.24) is 9.80 Å². The second-order valence-electron chi connectivity index (χ2n) is 8.98. The molecule has 0 N–H and O–H groups in total. The fraction of sp³-hybridized carbons (Fsp3) is 0.423. The lowest BCUT2D eigenvalue weighted by molar-refractivity contribution is -0.155. The average molecular weight is 471 g/mol. The molecule has 0 aliphatic heterocycles. The van der Waals surface area contributed by atoms with Gasteiger partial charge in [-0.1, -0.05) is 60.7 Å². The summed E-state index contributed by atoms with van der Waals surface area (Å²) >= 11 is 0. The van der Waals surface area contributed by atoms with Gasteiger partial charge < -0.3 is 24.0 Å². The maximum atomic E-state index is 12.8. The number of carbonyl (C=O) groups excluding carboxylic acids is 3. The summed E-state index contributed by atoms with van der Waals surface area (Å²) in [6, 6.07) is 18.6. The SMILES string of the molecule is CN(CCN(C)C(=O)OC(C)(C)C)C(=O)O[C@@H](Cc1ccccc1)C(=O)OCc1ccccc1. The van der Waals surface area contributed by atoms with Crippen molar-refractivity contribution in [3.8, 4) is 0 Å². The zero-order valence-electron chi connectivity index (χ0n) is 20.5. The van der Waals surface area contributed by atoms with E-state index in [1.807, 2.05) is 60.7 Å². The van der Waals surface area contributed by atoms with E-state index in [1.165, 1.54) is 9.80 Å². The number of likely N-dealkylation sites (N-methyl/N-ethyl adjacent to an activating group) is 2. The lowest BCUT2D eigenvalue weighted by Crippen LogP contribution is -2.42. The van der Waals surface area contributed by atoms with E-state index in [0.29, 0.717) is 0 Å². The molecular formula is C26H34N2O6. The number of ether oxygens (including phenoxy) is 3. The Morgan fingerprint density at radius 3 is 1.82 bits per heavy atom. The third-order valence-electron chi connectivity index (χ3n) is 4.78. The molecule has 0 radical (unpaired) electrons. The summed E-state index contributed by atoms with van der Waals surface area (Å²) in [6.07, 6.45) is -2.09. The van der Waals surface area contributed by atoms with Gasteiger partial charge in [-0.2, -0.15) is 0 Å². The van der Waals surface area contributed by atoms with Gasteiger partial charge in [0.1, 0.15) is 12.2 Å². The molecule has 2 aromatic rings. The second-order valence-corrected chi connectivity index (χ2v) is 8.98. The highest BCUT2D eigenvalue weighted by atomic mass is 16.6. The molecule has 8 nitrogen and oxygen atoms in total. The minimum atomic E-state index is -1.11. The van der Waals surface area contributed by atoms with Crippen molar-refractivity contribution in [2.24, 2.45) is 0 Å². The molecule has 8 heteroatoms. The summed E-state index contributed by atoms with van der Waals surface area (Å²) in [7, 11) is 3.13. The molecular weight excluding hydrogens is 436 g/mol. The van der Waals surface area contributed by atoms with Crippen LogP contribution in [0.15, 0.2) is 60.7 Å². The van der Waals surface area contributed by atoms with E-state index in [4.69, 9.17) is 14.2 Å². The number of hydrogen-bond acceptors (Lipinski definition) is 6. The molecule has 0 spiro atoms. The maximum Gasteiger partial charge on any atom is 0.410 e. The van der Waals surface area contributed by atoms with Crippen LogP contribution >= 0.6 is 0 Å². The number of benzene rings is 2. The Hall–Kier alpha value is -3.55. The van der Waals surface area contributed by atoms with Gasteiger partial charge in [0, 0.05) is 33.6 Å². The maximum absolute atomic E-state index is 12.8. The predicted molar refractivity (Wildman–Crippen MR) is 128 cm³/mol. The Bertz CT molecular complexity index is 927. The van der Waals surface area contributed by atoms with E-state index in [1.54, 1.807) is 34.9 Å². The quantitative estimate of drug-likeness (QED) is 0.402. The van der Waals surface area contributed by atoms with Crippen LogP contribution in [0.5, 0.6) is 0 Å². The van der Waals surface area contributed by atoms with Crippen LogP contribution in [0.2, 0.25) is 0 Å². The van der Waals surface area contributed by atoms with Gasteiger partial charge in [-0.05, 0) is 31.9 Å². The van der Waals surface area contributed by atoms with Gasteiger partial charge in [-0.15, -0.1) is 0 Å². The highest BCUT2D eigenvalue weighted by Gasteiger charge is 2.27.